The molecule has 0 fully saturated rings. The van der Waals surface area contributed by atoms with Crippen molar-refractivity contribution in [2.45, 2.75) is 0 Å². The zero-order chi connectivity index (χ0) is 18.4. The molecule has 6 heteroatoms. The number of benzene rings is 2. The molecule has 5 nitrogen and oxygen atoms in total. The van der Waals surface area contributed by atoms with Gasteiger partial charge >= 0.3 is 0 Å². The van der Waals surface area contributed by atoms with Crippen molar-refractivity contribution >= 4 is 35.2 Å². The molecule has 0 radical (unpaired) electrons. The summed E-state index contributed by atoms with van der Waals surface area (Å²) in [5.74, 6) is -0.651. The molecule has 0 atom stereocenters. The number of hydrogen-bond acceptors (Lipinski definition) is 3. The Labute approximate surface area is 151 Å². The molecule has 0 saturated carbocycles. The number of nitrogens with one attached hydrogen (secondary N) is 1. The first kappa shape index (κ1) is 18.2. The summed E-state index contributed by atoms with van der Waals surface area (Å²) in [5, 5.41) is 12.4. The van der Waals surface area contributed by atoms with Crippen LogP contribution in [0.1, 0.15) is 15.9 Å². The molecule has 2 rings (SSSR count). The van der Waals surface area contributed by atoms with Crippen LogP contribution in [0.4, 0.5) is 5.69 Å². The van der Waals surface area contributed by atoms with Gasteiger partial charge in [-0.25, -0.2) is 0 Å². The van der Waals surface area contributed by atoms with Crippen molar-refractivity contribution in [1.29, 1.82) is 5.26 Å². The third kappa shape index (κ3) is 4.93. The van der Waals surface area contributed by atoms with Gasteiger partial charge in [0.05, 0.1) is 0 Å². The maximum Gasteiger partial charge on any atom is 0.266 e. The van der Waals surface area contributed by atoms with Crippen LogP contribution in [0, 0.1) is 11.3 Å². The second-order valence-corrected chi connectivity index (χ2v) is 5.89. The van der Waals surface area contributed by atoms with E-state index in [-0.39, 0.29) is 11.5 Å². The standard InChI is InChI=1S/C19H16ClN3O2/c1-23(2)19(25)14-5-9-17(10-6-14)22-18(24)15(12-21)11-13-3-7-16(20)8-4-13/h3-11H,1-2H3,(H,22,24)/b15-11+. The zero-order valence-corrected chi connectivity index (χ0v) is 14.5. The Balaban J connectivity index is 2.13. The van der Waals surface area contributed by atoms with E-state index in [1.807, 2.05) is 6.07 Å². The smallest absolute Gasteiger partial charge is 0.266 e. The second-order valence-electron chi connectivity index (χ2n) is 5.45. The average molecular weight is 354 g/mol. The zero-order valence-electron chi connectivity index (χ0n) is 13.8. The average Bonchev–Trinajstić information content (AvgIpc) is 2.61. The quantitative estimate of drug-likeness (QED) is 0.674. The Morgan fingerprint density at radius 3 is 2.20 bits per heavy atom. The lowest BCUT2D eigenvalue weighted by atomic mass is 10.1. The van der Waals surface area contributed by atoms with Crippen LogP contribution >= 0.6 is 11.6 Å². The van der Waals surface area contributed by atoms with Gasteiger partial charge in [0.25, 0.3) is 11.8 Å². The van der Waals surface area contributed by atoms with Gasteiger partial charge in [0, 0.05) is 30.4 Å². The Morgan fingerprint density at radius 1 is 1.08 bits per heavy atom. The monoisotopic (exact) mass is 353 g/mol. The molecule has 126 valence electrons. The van der Waals surface area contributed by atoms with Gasteiger partial charge in [-0.15, -0.1) is 0 Å². The molecule has 0 aliphatic carbocycles. The minimum Gasteiger partial charge on any atom is -0.345 e. The fraction of sp³-hybridized carbons (Fsp3) is 0.105. The Bertz CT molecular complexity index is 848. The van der Waals surface area contributed by atoms with E-state index in [2.05, 4.69) is 5.32 Å². The van der Waals surface area contributed by atoms with E-state index in [1.54, 1.807) is 62.6 Å². The van der Waals surface area contributed by atoms with Gasteiger partial charge in [0.1, 0.15) is 11.6 Å². The van der Waals surface area contributed by atoms with Crippen LogP contribution in [0.3, 0.4) is 0 Å². The summed E-state index contributed by atoms with van der Waals surface area (Å²) in [5.41, 5.74) is 1.68. The molecule has 0 saturated heterocycles. The van der Waals surface area contributed by atoms with Gasteiger partial charge in [0.2, 0.25) is 0 Å². The van der Waals surface area contributed by atoms with Crippen LogP contribution in [0.5, 0.6) is 0 Å². The van der Waals surface area contributed by atoms with Gasteiger partial charge in [-0.2, -0.15) is 5.26 Å². The van der Waals surface area contributed by atoms with Crippen molar-refractivity contribution in [2.75, 3.05) is 19.4 Å². The van der Waals surface area contributed by atoms with E-state index in [4.69, 9.17) is 11.6 Å². The number of hydrogen-bond donors (Lipinski definition) is 1. The summed E-state index contributed by atoms with van der Waals surface area (Å²) in [6.45, 7) is 0. The third-order valence-electron chi connectivity index (χ3n) is 3.34. The number of nitrogens with zero attached hydrogens (tertiary/aromatic N) is 2. The number of halogens is 1. The molecular formula is C19H16ClN3O2. The Morgan fingerprint density at radius 2 is 1.68 bits per heavy atom. The van der Waals surface area contributed by atoms with Crippen LogP contribution in [0.2, 0.25) is 5.02 Å². The van der Waals surface area contributed by atoms with Crippen molar-refractivity contribution in [1.82, 2.24) is 4.90 Å². The van der Waals surface area contributed by atoms with Crippen LogP contribution in [0.25, 0.3) is 6.08 Å². The Kier molecular flexibility index (Phi) is 5.93. The lowest BCUT2D eigenvalue weighted by Crippen LogP contribution is -2.21. The summed E-state index contributed by atoms with van der Waals surface area (Å²) in [6.07, 6.45) is 1.48. The molecular weight excluding hydrogens is 338 g/mol. The highest BCUT2D eigenvalue weighted by atomic mass is 35.5. The summed E-state index contributed by atoms with van der Waals surface area (Å²) < 4.78 is 0. The first-order valence-corrected chi connectivity index (χ1v) is 7.79. The van der Waals surface area contributed by atoms with Crippen LogP contribution in [-0.2, 0) is 4.79 Å². The first-order valence-electron chi connectivity index (χ1n) is 7.41. The number of anilines is 1. The fourth-order valence-corrected chi connectivity index (χ4v) is 2.15. The van der Waals surface area contributed by atoms with Gasteiger partial charge in [-0.3, -0.25) is 9.59 Å². The summed E-state index contributed by atoms with van der Waals surface area (Å²) in [7, 11) is 3.33. The molecule has 0 aliphatic heterocycles. The highest BCUT2D eigenvalue weighted by Gasteiger charge is 2.11. The number of nitriles is 1. The van der Waals surface area contributed by atoms with Crippen LogP contribution in [0.15, 0.2) is 54.1 Å². The van der Waals surface area contributed by atoms with Crippen LogP contribution in [-0.4, -0.2) is 30.8 Å². The van der Waals surface area contributed by atoms with Crippen molar-refractivity contribution in [3.63, 3.8) is 0 Å². The molecule has 1 N–H and O–H groups in total. The molecule has 0 bridgehead atoms. The molecule has 0 aliphatic rings. The van der Waals surface area contributed by atoms with E-state index >= 15 is 0 Å². The molecule has 2 aromatic rings. The van der Waals surface area contributed by atoms with E-state index in [0.717, 1.165) is 0 Å². The molecule has 0 aromatic heterocycles. The summed E-state index contributed by atoms with van der Waals surface area (Å²) in [6, 6.07) is 15.2. The van der Waals surface area contributed by atoms with Crippen molar-refractivity contribution < 1.29 is 9.59 Å². The molecule has 0 heterocycles. The normalized spacial score (nSPS) is 10.7. The predicted octanol–water partition coefficient (Wildman–Crippen LogP) is 3.59. The number of carbonyl (C=O) groups is 2. The first-order chi connectivity index (χ1) is 11.9. The molecule has 0 spiro atoms. The number of rotatable bonds is 4. The molecule has 2 aromatic carbocycles. The minimum absolute atomic E-state index is 0.0317. The van der Waals surface area contributed by atoms with Gasteiger partial charge in [0.15, 0.2) is 0 Å². The van der Waals surface area contributed by atoms with E-state index < -0.39 is 5.91 Å². The fourth-order valence-electron chi connectivity index (χ4n) is 2.03. The van der Waals surface area contributed by atoms with Gasteiger partial charge in [-0.1, -0.05) is 23.7 Å². The molecule has 25 heavy (non-hydrogen) atoms. The minimum atomic E-state index is -0.524. The molecule has 2 amide bonds. The maximum absolute atomic E-state index is 12.2. The highest BCUT2D eigenvalue weighted by Crippen LogP contribution is 2.15. The van der Waals surface area contributed by atoms with Crippen LogP contribution < -0.4 is 5.32 Å². The lowest BCUT2D eigenvalue weighted by Gasteiger charge is -2.10. The van der Waals surface area contributed by atoms with E-state index in [1.165, 1.54) is 11.0 Å². The van der Waals surface area contributed by atoms with Crippen molar-refractivity contribution in [2.24, 2.45) is 0 Å². The van der Waals surface area contributed by atoms with Gasteiger partial charge in [-0.05, 0) is 48.0 Å². The summed E-state index contributed by atoms with van der Waals surface area (Å²) >= 11 is 5.81. The predicted molar refractivity (Wildman–Crippen MR) is 98.1 cm³/mol. The molecule has 0 unspecified atom stereocenters. The number of carbonyl (C=O) groups excluding carboxylic acids is 2. The van der Waals surface area contributed by atoms with E-state index in [0.29, 0.717) is 21.8 Å². The SMILES string of the molecule is CN(C)C(=O)c1ccc(NC(=O)/C(C#N)=C/c2ccc(Cl)cc2)cc1. The van der Waals surface area contributed by atoms with Gasteiger partial charge < -0.3 is 10.2 Å². The van der Waals surface area contributed by atoms with E-state index in [9.17, 15) is 14.9 Å². The van der Waals surface area contributed by atoms with Crippen molar-refractivity contribution in [3.05, 3.63) is 70.3 Å². The van der Waals surface area contributed by atoms with Crippen molar-refractivity contribution in [3.8, 4) is 6.07 Å². The number of amides is 2. The third-order valence-corrected chi connectivity index (χ3v) is 3.59. The Hall–Kier alpha value is -3.10. The second kappa shape index (κ2) is 8.13. The largest absolute Gasteiger partial charge is 0.345 e. The summed E-state index contributed by atoms with van der Waals surface area (Å²) in [4.78, 5) is 25.5. The highest BCUT2D eigenvalue weighted by molar-refractivity contribution is 6.30. The lowest BCUT2D eigenvalue weighted by molar-refractivity contribution is -0.112. The maximum atomic E-state index is 12.2. The topological polar surface area (TPSA) is 73.2 Å².